The molecule has 2 aromatic carbocycles. The quantitative estimate of drug-likeness (QED) is 0.0667. The number of hydrogen-bond donors (Lipinski definition) is 3. The lowest BCUT2D eigenvalue weighted by molar-refractivity contribution is -0.349. The van der Waals surface area contributed by atoms with Crippen LogP contribution in [0.2, 0.25) is 0 Å². The first kappa shape index (κ1) is 50.7. The molecule has 3 N–H and O–H groups in total. The number of aliphatic hydroxyl groups is 2. The van der Waals surface area contributed by atoms with E-state index in [1.165, 1.54) is 26.2 Å². The van der Waals surface area contributed by atoms with Gasteiger partial charge >= 0.3 is 24.0 Å². The van der Waals surface area contributed by atoms with E-state index in [9.17, 15) is 29.4 Å². The molecule has 3 aliphatic carbocycles. The average molecular weight is 924 g/mol. The van der Waals surface area contributed by atoms with Gasteiger partial charge in [-0.15, -0.1) is 0 Å². The number of esters is 3. The molecule has 17 heteroatoms. The van der Waals surface area contributed by atoms with Crippen molar-refractivity contribution < 1.29 is 76.8 Å². The monoisotopic (exact) mass is 923 g/mol. The second-order valence-electron chi connectivity index (χ2n) is 19.2. The van der Waals surface area contributed by atoms with E-state index in [-0.39, 0.29) is 37.4 Å². The van der Waals surface area contributed by atoms with Crippen LogP contribution in [0.5, 0.6) is 0 Å². The summed E-state index contributed by atoms with van der Waals surface area (Å²) in [5.41, 5.74) is -7.23. The molecule has 362 valence electrons. The fourth-order valence-electron chi connectivity index (χ4n) is 10.4. The number of Topliss-reactive ketones (excluding diaryl/α,β-unsaturated/α-hetero) is 1. The summed E-state index contributed by atoms with van der Waals surface area (Å²) in [6.45, 7) is 14.7. The summed E-state index contributed by atoms with van der Waals surface area (Å²) < 4.78 is 54.5. The Kier molecular flexibility index (Phi) is 15.2. The van der Waals surface area contributed by atoms with Crippen molar-refractivity contribution in [2.75, 3.05) is 40.3 Å². The summed E-state index contributed by atoms with van der Waals surface area (Å²) in [6.07, 6.45) is -9.89. The van der Waals surface area contributed by atoms with Crippen molar-refractivity contribution in [1.29, 1.82) is 0 Å². The SMILES string of the molecule is CCOCCO[C@H]1C[C@H]2OC[C@@]2(OC(C)=O)C2[C@H](OC(=O)c3ccccc3)[C@]3(O)C[C@H](OC(=O)[C@H](O)[C@@H](NC(=O)OC(C)(C)C)c4ccccc4)C(C)=C([C@@H](OCOC)C(=O)[C@@]21C)C3(C)C. The summed E-state index contributed by atoms with van der Waals surface area (Å²) in [5, 5.41) is 28.4. The predicted octanol–water partition coefficient (Wildman–Crippen LogP) is 4.95. The zero-order valence-electron chi connectivity index (χ0n) is 39.5. The van der Waals surface area contributed by atoms with Crippen LogP contribution in [0.3, 0.4) is 0 Å². The maximum Gasteiger partial charge on any atom is 0.408 e. The number of ether oxygens (including phenoxy) is 9. The Morgan fingerprint density at radius 2 is 1.61 bits per heavy atom. The van der Waals surface area contributed by atoms with E-state index in [0.717, 1.165) is 0 Å². The van der Waals surface area contributed by atoms with Crippen LogP contribution in [0.4, 0.5) is 4.79 Å². The fourth-order valence-corrected chi connectivity index (χ4v) is 10.4. The molecule has 1 heterocycles. The third-order valence-corrected chi connectivity index (χ3v) is 13.6. The van der Waals surface area contributed by atoms with E-state index in [1.807, 2.05) is 6.92 Å². The lowest BCUT2D eigenvalue weighted by Gasteiger charge is -2.68. The maximum absolute atomic E-state index is 16.1. The molecule has 1 saturated heterocycles. The van der Waals surface area contributed by atoms with Gasteiger partial charge in [-0.1, -0.05) is 62.4 Å². The highest BCUT2D eigenvalue weighted by atomic mass is 16.7. The molecule has 4 aliphatic rings. The lowest BCUT2D eigenvalue weighted by Crippen LogP contribution is -2.82. The van der Waals surface area contributed by atoms with Crippen LogP contribution in [-0.4, -0.2) is 134 Å². The highest BCUT2D eigenvalue weighted by molar-refractivity contribution is 5.94. The number of alkyl carbamates (subject to hydrolysis) is 1. The predicted molar refractivity (Wildman–Crippen MR) is 235 cm³/mol. The van der Waals surface area contributed by atoms with E-state index in [1.54, 1.807) is 97.0 Å². The Morgan fingerprint density at radius 3 is 2.18 bits per heavy atom. The van der Waals surface area contributed by atoms with Gasteiger partial charge < -0.3 is 58.2 Å². The number of hydrogen-bond acceptors (Lipinski definition) is 16. The molecule has 17 nitrogen and oxygen atoms in total. The van der Waals surface area contributed by atoms with Gasteiger partial charge in [0.1, 0.15) is 42.4 Å². The number of ketones is 1. The van der Waals surface area contributed by atoms with Crippen LogP contribution in [0.1, 0.15) is 97.1 Å². The van der Waals surface area contributed by atoms with Gasteiger partial charge in [0.15, 0.2) is 17.5 Å². The number of fused-ring (bicyclic) bond motifs is 5. The summed E-state index contributed by atoms with van der Waals surface area (Å²) in [4.78, 5) is 71.4. The molecule has 3 fully saturated rings. The van der Waals surface area contributed by atoms with Gasteiger partial charge in [-0.25, -0.2) is 14.4 Å². The van der Waals surface area contributed by atoms with Crippen molar-refractivity contribution in [2.45, 2.75) is 135 Å². The Morgan fingerprint density at radius 1 is 0.955 bits per heavy atom. The molecule has 2 bridgehead atoms. The van der Waals surface area contributed by atoms with Gasteiger partial charge in [0, 0.05) is 38.9 Å². The molecule has 0 spiro atoms. The molecule has 2 saturated carbocycles. The minimum Gasteiger partial charge on any atom is -0.456 e. The van der Waals surface area contributed by atoms with E-state index in [2.05, 4.69) is 5.32 Å². The minimum atomic E-state index is -2.29. The summed E-state index contributed by atoms with van der Waals surface area (Å²) in [6, 6.07) is 15.0. The second-order valence-corrected chi connectivity index (χ2v) is 19.2. The molecule has 0 radical (unpaired) electrons. The van der Waals surface area contributed by atoms with E-state index in [4.69, 9.17) is 42.6 Å². The molecule has 66 heavy (non-hydrogen) atoms. The van der Waals surface area contributed by atoms with Crippen molar-refractivity contribution in [1.82, 2.24) is 5.32 Å². The number of methoxy groups -OCH3 is 1. The van der Waals surface area contributed by atoms with Crippen molar-refractivity contribution >= 4 is 29.8 Å². The van der Waals surface area contributed by atoms with Gasteiger partial charge in [0.2, 0.25) is 0 Å². The fraction of sp³-hybridized carbons (Fsp3) is 0.612. The number of benzene rings is 2. The normalized spacial score (nSPS) is 31.1. The standard InChI is InChI=1S/C49H65NO16/c1-11-59-22-23-60-33-24-34-48(26-61-34,65-29(3)51)39-41(64-42(54)31-20-16-13-17-21-31)49(57)25-32(28(2)35(46(49,7)8)38(62-27-58-10)40(53)47(33,39)9)63-43(55)37(52)36(30-18-14-12-15-19-30)50-44(56)66-45(4,5)6/h12-21,32-34,36-39,41,52,57H,11,22-27H2,1-10H3,(H,50,56)/t32-,33-,34+,36-,37+,38+,39?,41-,47+,48-,49+/m0/s1. The number of carbonyl (C=O) groups is 5. The van der Waals surface area contributed by atoms with Crippen molar-refractivity contribution in [3.8, 4) is 0 Å². The van der Waals surface area contributed by atoms with Crippen LogP contribution >= 0.6 is 0 Å². The number of amides is 1. The minimum absolute atomic E-state index is 0.0457. The zero-order valence-corrected chi connectivity index (χ0v) is 39.5. The van der Waals surface area contributed by atoms with Crippen molar-refractivity contribution in [2.24, 2.45) is 16.7 Å². The molecule has 1 unspecified atom stereocenters. The Hall–Kier alpha value is -4.75. The topological polar surface area (TPSA) is 221 Å². The lowest BCUT2D eigenvalue weighted by atomic mass is 9.44. The number of rotatable bonds is 16. The van der Waals surface area contributed by atoms with Gasteiger partial charge in [-0.3, -0.25) is 9.59 Å². The highest BCUT2D eigenvalue weighted by Crippen LogP contribution is 2.65. The molecule has 0 aromatic heterocycles. The van der Waals surface area contributed by atoms with E-state index >= 15 is 4.79 Å². The van der Waals surface area contributed by atoms with Gasteiger partial charge in [0.25, 0.3) is 0 Å². The molecule has 6 rings (SSSR count). The van der Waals surface area contributed by atoms with Crippen molar-refractivity contribution in [3.05, 3.63) is 82.9 Å². The van der Waals surface area contributed by atoms with Crippen LogP contribution in [0, 0.1) is 16.7 Å². The third kappa shape index (κ3) is 9.53. The summed E-state index contributed by atoms with van der Waals surface area (Å²) >= 11 is 0. The van der Waals surface area contributed by atoms with Crippen LogP contribution < -0.4 is 5.32 Å². The van der Waals surface area contributed by atoms with E-state index < -0.39 is 119 Å². The first-order valence-corrected chi connectivity index (χ1v) is 22.3. The van der Waals surface area contributed by atoms with Crippen LogP contribution in [0.25, 0.3) is 0 Å². The first-order valence-electron chi connectivity index (χ1n) is 22.3. The zero-order chi connectivity index (χ0) is 48.4. The summed E-state index contributed by atoms with van der Waals surface area (Å²) in [5.74, 6) is -4.74. The molecule has 1 amide bonds. The number of carbonyl (C=O) groups excluding carboxylic acids is 5. The Labute approximate surface area is 385 Å². The van der Waals surface area contributed by atoms with Gasteiger partial charge in [-0.05, 0) is 70.4 Å². The van der Waals surface area contributed by atoms with E-state index in [0.29, 0.717) is 17.7 Å². The maximum atomic E-state index is 16.1. The summed E-state index contributed by atoms with van der Waals surface area (Å²) in [7, 11) is 1.38. The molecular formula is C49H65NO16. The smallest absolute Gasteiger partial charge is 0.408 e. The van der Waals surface area contributed by atoms with Gasteiger partial charge in [-0.2, -0.15) is 0 Å². The molecule has 11 atom stereocenters. The number of aliphatic hydroxyl groups excluding tert-OH is 1. The Balaban J connectivity index is 1.55. The molecule has 2 aromatic rings. The van der Waals surface area contributed by atoms with Crippen molar-refractivity contribution in [3.63, 3.8) is 0 Å². The van der Waals surface area contributed by atoms with Crippen LogP contribution in [-0.2, 0) is 57.0 Å². The average Bonchev–Trinajstić information content (AvgIpc) is 3.25. The molecule has 1 aliphatic heterocycles. The Bertz CT molecular complexity index is 2120. The molecular weight excluding hydrogens is 859 g/mol. The second kappa shape index (κ2) is 19.8. The highest BCUT2D eigenvalue weighted by Gasteiger charge is 2.78. The first-order chi connectivity index (χ1) is 31.1. The number of nitrogens with one attached hydrogen (secondary N) is 1. The van der Waals surface area contributed by atoms with Gasteiger partial charge in [0.05, 0.1) is 48.9 Å². The largest absolute Gasteiger partial charge is 0.456 e. The third-order valence-electron chi connectivity index (χ3n) is 13.6. The van der Waals surface area contributed by atoms with Crippen LogP contribution in [0.15, 0.2) is 71.8 Å².